The Morgan fingerprint density at radius 1 is 1.06 bits per heavy atom. The summed E-state index contributed by atoms with van der Waals surface area (Å²) in [4.78, 5) is 17.9. The van der Waals surface area contributed by atoms with Crippen molar-refractivity contribution in [1.82, 2.24) is 9.80 Å². The summed E-state index contributed by atoms with van der Waals surface area (Å²) in [6, 6.07) is 17.2. The highest BCUT2D eigenvalue weighted by Gasteiger charge is 2.32. The Balaban J connectivity index is 1.43. The topological polar surface area (TPSA) is 42.0 Å². The lowest BCUT2D eigenvalue weighted by Gasteiger charge is -2.40. The number of benzene rings is 3. The SMILES string of the molecule is CCC(N1CCc2cc3c(cc2CC1=O)OCO3)N(C)C(C)c1c(C)ccc2ccccc12. The molecule has 2 unspecified atom stereocenters. The first-order chi connectivity index (χ1) is 16.0. The van der Waals surface area contributed by atoms with E-state index in [1.807, 2.05) is 6.07 Å². The van der Waals surface area contributed by atoms with Crippen molar-refractivity contribution in [3.05, 3.63) is 70.8 Å². The van der Waals surface area contributed by atoms with Gasteiger partial charge in [-0.1, -0.05) is 43.3 Å². The zero-order valence-electron chi connectivity index (χ0n) is 19.9. The number of carbonyl (C=O) groups excluding carboxylic acids is 1. The van der Waals surface area contributed by atoms with E-state index >= 15 is 0 Å². The van der Waals surface area contributed by atoms with Crippen LogP contribution in [0.1, 0.15) is 48.6 Å². The molecule has 0 bridgehead atoms. The fraction of sp³-hybridized carbons (Fsp3) is 0.393. The summed E-state index contributed by atoms with van der Waals surface area (Å²) >= 11 is 0. The maximum Gasteiger partial charge on any atom is 0.231 e. The van der Waals surface area contributed by atoms with E-state index in [4.69, 9.17) is 9.47 Å². The van der Waals surface area contributed by atoms with Crippen LogP contribution in [0.4, 0.5) is 0 Å². The van der Waals surface area contributed by atoms with Crippen LogP contribution < -0.4 is 9.47 Å². The van der Waals surface area contributed by atoms with Crippen molar-refractivity contribution < 1.29 is 14.3 Å². The molecular weight excluding hydrogens is 412 g/mol. The van der Waals surface area contributed by atoms with E-state index in [0.29, 0.717) is 13.0 Å². The molecule has 3 aromatic rings. The van der Waals surface area contributed by atoms with E-state index in [2.05, 4.69) is 80.1 Å². The second-order valence-electron chi connectivity index (χ2n) is 9.24. The molecule has 172 valence electrons. The molecule has 0 aliphatic carbocycles. The smallest absolute Gasteiger partial charge is 0.231 e. The lowest BCUT2D eigenvalue weighted by Crippen LogP contribution is -2.50. The third-order valence-corrected chi connectivity index (χ3v) is 7.39. The van der Waals surface area contributed by atoms with Gasteiger partial charge in [-0.2, -0.15) is 0 Å². The molecule has 1 amide bonds. The van der Waals surface area contributed by atoms with Gasteiger partial charge in [-0.25, -0.2) is 0 Å². The van der Waals surface area contributed by atoms with Gasteiger partial charge in [-0.15, -0.1) is 0 Å². The summed E-state index contributed by atoms with van der Waals surface area (Å²) in [5, 5.41) is 2.54. The predicted octanol–water partition coefficient (Wildman–Crippen LogP) is 5.23. The molecular formula is C28H32N2O3. The molecule has 2 heterocycles. The lowest BCUT2D eigenvalue weighted by atomic mass is 9.94. The summed E-state index contributed by atoms with van der Waals surface area (Å²) in [5.74, 6) is 1.71. The van der Waals surface area contributed by atoms with Crippen molar-refractivity contribution in [1.29, 1.82) is 0 Å². The molecule has 2 atom stereocenters. The van der Waals surface area contributed by atoms with Crippen molar-refractivity contribution in [3.8, 4) is 11.5 Å². The molecule has 0 saturated carbocycles. The average Bonchev–Trinajstić information content (AvgIpc) is 3.21. The minimum atomic E-state index is 0.0273. The molecule has 5 heteroatoms. The van der Waals surface area contributed by atoms with Crippen LogP contribution >= 0.6 is 0 Å². The molecule has 0 spiro atoms. The molecule has 3 aromatic carbocycles. The quantitative estimate of drug-likeness (QED) is 0.540. The number of rotatable bonds is 5. The minimum Gasteiger partial charge on any atom is -0.454 e. The van der Waals surface area contributed by atoms with Gasteiger partial charge in [0.15, 0.2) is 11.5 Å². The number of hydrogen-bond acceptors (Lipinski definition) is 4. The summed E-state index contributed by atoms with van der Waals surface area (Å²) in [6.07, 6.45) is 2.12. The molecule has 5 rings (SSSR count). The van der Waals surface area contributed by atoms with E-state index in [9.17, 15) is 4.79 Å². The number of nitrogens with zero attached hydrogens (tertiary/aromatic N) is 2. The normalized spacial score (nSPS) is 17.2. The van der Waals surface area contributed by atoms with Gasteiger partial charge >= 0.3 is 0 Å². The Bertz CT molecular complexity index is 1210. The second-order valence-corrected chi connectivity index (χ2v) is 9.24. The van der Waals surface area contributed by atoms with E-state index in [1.54, 1.807) is 0 Å². The largest absolute Gasteiger partial charge is 0.454 e. The summed E-state index contributed by atoms with van der Waals surface area (Å²) in [5.41, 5.74) is 4.87. The van der Waals surface area contributed by atoms with E-state index in [-0.39, 0.29) is 24.9 Å². The van der Waals surface area contributed by atoms with E-state index < -0.39 is 0 Å². The highest BCUT2D eigenvalue weighted by molar-refractivity contribution is 5.87. The standard InChI is InChI=1S/C28H32N2O3/c1-5-26(29(4)19(3)28-18(2)10-11-20-8-6-7-9-23(20)28)30-13-12-21-14-24-25(33-17-32-24)15-22(21)16-27(30)31/h6-11,14-15,19,26H,5,12-13,16-17H2,1-4H3. The molecule has 2 aliphatic rings. The average molecular weight is 445 g/mol. The zero-order chi connectivity index (χ0) is 23.1. The Morgan fingerprint density at radius 3 is 2.55 bits per heavy atom. The maximum absolute atomic E-state index is 13.4. The van der Waals surface area contributed by atoms with Crippen LogP contribution in [0.15, 0.2) is 48.5 Å². The fourth-order valence-corrected chi connectivity index (χ4v) is 5.52. The Kier molecular flexibility index (Phi) is 5.75. The lowest BCUT2D eigenvalue weighted by molar-refractivity contribution is -0.137. The predicted molar refractivity (Wildman–Crippen MR) is 131 cm³/mol. The van der Waals surface area contributed by atoms with Crippen LogP contribution in [0, 0.1) is 6.92 Å². The summed E-state index contributed by atoms with van der Waals surface area (Å²) in [7, 11) is 2.15. The van der Waals surface area contributed by atoms with Gasteiger partial charge < -0.3 is 14.4 Å². The molecule has 33 heavy (non-hydrogen) atoms. The number of carbonyl (C=O) groups is 1. The van der Waals surface area contributed by atoms with Crippen molar-refractivity contribution in [2.24, 2.45) is 0 Å². The highest BCUT2D eigenvalue weighted by atomic mass is 16.7. The number of ether oxygens (including phenoxy) is 2. The minimum absolute atomic E-state index is 0.0273. The number of aryl methyl sites for hydroxylation is 1. The van der Waals surface area contributed by atoms with Gasteiger partial charge in [0.1, 0.15) is 0 Å². The first-order valence-corrected chi connectivity index (χ1v) is 11.9. The molecule has 0 radical (unpaired) electrons. The van der Waals surface area contributed by atoms with Crippen molar-refractivity contribution in [2.75, 3.05) is 20.4 Å². The molecule has 0 aromatic heterocycles. The Morgan fingerprint density at radius 2 is 1.79 bits per heavy atom. The zero-order valence-corrected chi connectivity index (χ0v) is 19.9. The highest BCUT2D eigenvalue weighted by Crippen LogP contribution is 2.37. The number of hydrogen-bond donors (Lipinski definition) is 0. The third kappa shape index (κ3) is 3.84. The number of fused-ring (bicyclic) bond motifs is 3. The first-order valence-electron chi connectivity index (χ1n) is 11.9. The van der Waals surface area contributed by atoms with Crippen molar-refractivity contribution in [2.45, 2.75) is 52.2 Å². The van der Waals surface area contributed by atoms with Crippen LogP contribution in [0.25, 0.3) is 10.8 Å². The fourth-order valence-electron chi connectivity index (χ4n) is 5.52. The van der Waals surface area contributed by atoms with Crippen LogP contribution in [0.5, 0.6) is 11.5 Å². The van der Waals surface area contributed by atoms with Crippen molar-refractivity contribution >= 4 is 16.7 Å². The molecule has 2 aliphatic heterocycles. The maximum atomic E-state index is 13.4. The molecule has 0 N–H and O–H groups in total. The van der Waals surface area contributed by atoms with Gasteiger partial charge in [-0.05, 0) is 78.9 Å². The van der Waals surface area contributed by atoms with E-state index in [1.165, 1.54) is 27.5 Å². The van der Waals surface area contributed by atoms with Crippen LogP contribution in [-0.2, 0) is 17.6 Å². The number of amides is 1. The van der Waals surface area contributed by atoms with Gasteiger partial charge in [0.25, 0.3) is 0 Å². The van der Waals surface area contributed by atoms with Gasteiger partial charge in [-0.3, -0.25) is 9.69 Å². The summed E-state index contributed by atoms with van der Waals surface area (Å²) < 4.78 is 11.1. The third-order valence-electron chi connectivity index (χ3n) is 7.39. The monoisotopic (exact) mass is 444 g/mol. The molecule has 0 saturated heterocycles. The molecule has 0 fully saturated rings. The van der Waals surface area contributed by atoms with Gasteiger partial charge in [0.2, 0.25) is 12.7 Å². The summed E-state index contributed by atoms with van der Waals surface area (Å²) in [6.45, 7) is 7.57. The van der Waals surface area contributed by atoms with Crippen LogP contribution in [-0.4, -0.2) is 42.3 Å². The molecule has 5 nitrogen and oxygen atoms in total. The van der Waals surface area contributed by atoms with Crippen LogP contribution in [0.2, 0.25) is 0 Å². The van der Waals surface area contributed by atoms with Gasteiger partial charge in [0.05, 0.1) is 12.6 Å². The van der Waals surface area contributed by atoms with Gasteiger partial charge in [0, 0.05) is 12.6 Å². The van der Waals surface area contributed by atoms with Crippen molar-refractivity contribution in [3.63, 3.8) is 0 Å². The van der Waals surface area contributed by atoms with E-state index in [0.717, 1.165) is 29.9 Å². The first kappa shape index (κ1) is 21.8. The Labute approximate surface area is 195 Å². The second kappa shape index (κ2) is 8.71. The van der Waals surface area contributed by atoms with Crippen LogP contribution in [0.3, 0.4) is 0 Å². The Hall–Kier alpha value is -3.05.